The van der Waals surface area contributed by atoms with Gasteiger partial charge in [0.2, 0.25) is 0 Å². The van der Waals surface area contributed by atoms with E-state index in [-0.39, 0.29) is 10.7 Å². The van der Waals surface area contributed by atoms with Crippen LogP contribution in [0.3, 0.4) is 0 Å². The van der Waals surface area contributed by atoms with Gasteiger partial charge in [-0.15, -0.1) is 0 Å². The predicted octanol–water partition coefficient (Wildman–Crippen LogP) is 2.43. The van der Waals surface area contributed by atoms with Crippen molar-refractivity contribution < 1.29 is 8.42 Å². The van der Waals surface area contributed by atoms with Crippen molar-refractivity contribution >= 4 is 32.7 Å². The van der Waals surface area contributed by atoms with E-state index in [1.165, 1.54) is 0 Å². The first kappa shape index (κ1) is 19.1. The van der Waals surface area contributed by atoms with Crippen LogP contribution >= 0.6 is 0 Å². The summed E-state index contributed by atoms with van der Waals surface area (Å²) in [5, 5.41) is 0. The minimum atomic E-state index is -3.76. The third-order valence-corrected chi connectivity index (χ3v) is 5.44. The lowest BCUT2D eigenvalue weighted by Crippen LogP contribution is -2.30. The fraction of sp³-hybridized carbons (Fsp3) is 0.263. The molecule has 1 aromatic heterocycles. The molecule has 0 spiro atoms. The Labute approximate surface area is 159 Å². The number of rotatable bonds is 7. The molecule has 0 aliphatic rings. The molecule has 0 aliphatic heterocycles. The Bertz CT molecular complexity index is 1020. The number of sulfonamides is 1. The number of anilines is 2. The Morgan fingerprint density at radius 1 is 0.852 bits per heavy atom. The SMILES string of the molecule is CN(C)CCN(C)c1nc2ccccc2nc1NS(=O)(=O)c1ccccc1. The molecule has 1 N–H and O–H groups in total. The molecule has 0 radical (unpaired) electrons. The first-order chi connectivity index (χ1) is 12.9. The molecule has 0 aliphatic carbocycles. The maximum Gasteiger partial charge on any atom is 0.263 e. The molecule has 3 aromatic rings. The summed E-state index contributed by atoms with van der Waals surface area (Å²) in [4.78, 5) is 13.3. The average molecular weight is 385 g/mol. The summed E-state index contributed by atoms with van der Waals surface area (Å²) in [5.74, 6) is 0.717. The number of fused-ring (bicyclic) bond motifs is 1. The van der Waals surface area contributed by atoms with E-state index >= 15 is 0 Å². The van der Waals surface area contributed by atoms with Gasteiger partial charge in [0.25, 0.3) is 10.0 Å². The Kier molecular flexibility index (Phi) is 5.57. The number of hydrogen-bond donors (Lipinski definition) is 1. The van der Waals surface area contributed by atoms with Crippen molar-refractivity contribution in [1.82, 2.24) is 14.9 Å². The van der Waals surface area contributed by atoms with E-state index in [1.54, 1.807) is 30.3 Å². The Hall–Kier alpha value is -2.71. The van der Waals surface area contributed by atoms with Gasteiger partial charge in [-0.2, -0.15) is 0 Å². The molecular formula is C19H23N5O2S. The van der Waals surface area contributed by atoms with E-state index in [9.17, 15) is 8.42 Å². The van der Waals surface area contributed by atoms with Gasteiger partial charge in [-0.3, -0.25) is 4.72 Å². The average Bonchev–Trinajstić information content (AvgIpc) is 2.66. The minimum Gasteiger partial charge on any atom is -0.355 e. The molecular weight excluding hydrogens is 362 g/mol. The number of para-hydroxylation sites is 2. The number of likely N-dealkylation sites (N-methyl/N-ethyl adjacent to an activating group) is 2. The first-order valence-corrected chi connectivity index (χ1v) is 10.1. The highest BCUT2D eigenvalue weighted by Gasteiger charge is 2.20. The molecule has 0 saturated carbocycles. The van der Waals surface area contributed by atoms with E-state index < -0.39 is 10.0 Å². The van der Waals surface area contributed by atoms with E-state index in [1.807, 2.05) is 50.3 Å². The van der Waals surface area contributed by atoms with Crippen LogP contribution in [0.5, 0.6) is 0 Å². The highest BCUT2D eigenvalue weighted by molar-refractivity contribution is 7.92. The van der Waals surface area contributed by atoms with Crippen LogP contribution in [0.1, 0.15) is 0 Å². The van der Waals surface area contributed by atoms with Crippen LogP contribution in [0, 0.1) is 0 Å². The topological polar surface area (TPSA) is 78.4 Å². The van der Waals surface area contributed by atoms with Crippen molar-refractivity contribution in [2.24, 2.45) is 0 Å². The molecule has 0 fully saturated rings. The zero-order valence-corrected chi connectivity index (χ0v) is 16.4. The molecule has 0 unspecified atom stereocenters. The second-order valence-corrected chi connectivity index (χ2v) is 8.21. The van der Waals surface area contributed by atoms with Crippen molar-refractivity contribution in [3.8, 4) is 0 Å². The first-order valence-electron chi connectivity index (χ1n) is 8.57. The third-order valence-electron chi connectivity index (χ3n) is 4.08. The van der Waals surface area contributed by atoms with Gasteiger partial charge in [0.05, 0.1) is 15.9 Å². The highest BCUT2D eigenvalue weighted by atomic mass is 32.2. The standard InChI is InChI=1S/C19H23N5O2S/c1-23(2)13-14-24(3)19-18(20-16-11-7-8-12-17(16)21-19)22-27(25,26)15-9-5-4-6-10-15/h4-12H,13-14H2,1-3H3,(H,20,22). The van der Waals surface area contributed by atoms with Crippen molar-refractivity contribution in [2.45, 2.75) is 4.90 Å². The quantitative estimate of drug-likeness (QED) is 0.673. The van der Waals surface area contributed by atoms with Gasteiger partial charge in [-0.05, 0) is 38.4 Å². The summed E-state index contributed by atoms with van der Waals surface area (Å²) in [7, 11) is 2.09. The van der Waals surface area contributed by atoms with Gasteiger partial charge in [0, 0.05) is 20.1 Å². The Morgan fingerprint density at radius 2 is 1.44 bits per heavy atom. The largest absolute Gasteiger partial charge is 0.355 e. The van der Waals surface area contributed by atoms with Crippen LogP contribution in [0.25, 0.3) is 11.0 Å². The zero-order valence-electron chi connectivity index (χ0n) is 15.6. The number of benzene rings is 2. The molecule has 1 heterocycles. The fourth-order valence-electron chi connectivity index (χ4n) is 2.57. The smallest absolute Gasteiger partial charge is 0.263 e. The normalized spacial score (nSPS) is 11.7. The molecule has 142 valence electrons. The molecule has 2 aromatic carbocycles. The van der Waals surface area contributed by atoms with Crippen molar-refractivity contribution in [1.29, 1.82) is 0 Å². The lowest BCUT2D eigenvalue weighted by molar-refractivity contribution is 0.416. The van der Waals surface area contributed by atoms with Crippen LogP contribution in [0.15, 0.2) is 59.5 Å². The molecule has 0 bridgehead atoms. The second-order valence-electron chi connectivity index (χ2n) is 6.53. The highest BCUT2D eigenvalue weighted by Crippen LogP contribution is 2.26. The van der Waals surface area contributed by atoms with E-state index in [4.69, 9.17) is 0 Å². The number of aromatic nitrogens is 2. The van der Waals surface area contributed by atoms with Gasteiger partial charge >= 0.3 is 0 Å². The van der Waals surface area contributed by atoms with Gasteiger partial charge in [-0.25, -0.2) is 18.4 Å². The maximum atomic E-state index is 12.8. The van der Waals surface area contributed by atoms with Crippen LogP contribution in [-0.2, 0) is 10.0 Å². The Morgan fingerprint density at radius 3 is 2.07 bits per heavy atom. The summed E-state index contributed by atoms with van der Waals surface area (Å²) >= 11 is 0. The monoisotopic (exact) mass is 385 g/mol. The lowest BCUT2D eigenvalue weighted by Gasteiger charge is -2.23. The van der Waals surface area contributed by atoms with Gasteiger partial charge in [0.1, 0.15) is 0 Å². The summed E-state index contributed by atoms with van der Waals surface area (Å²) < 4.78 is 28.2. The molecule has 7 nitrogen and oxygen atoms in total. The van der Waals surface area contributed by atoms with Crippen LogP contribution < -0.4 is 9.62 Å². The van der Waals surface area contributed by atoms with E-state index in [0.717, 1.165) is 6.54 Å². The zero-order chi connectivity index (χ0) is 19.4. The van der Waals surface area contributed by atoms with Crippen LogP contribution in [-0.4, -0.2) is 57.5 Å². The second kappa shape index (κ2) is 7.89. The third kappa shape index (κ3) is 4.53. The van der Waals surface area contributed by atoms with Crippen molar-refractivity contribution in [2.75, 3.05) is 43.9 Å². The summed E-state index contributed by atoms with van der Waals surface area (Å²) in [5.41, 5.74) is 1.35. The van der Waals surface area contributed by atoms with Gasteiger partial charge < -0.3 is 9.80 Å². The molecule has 3 rings (SSSR count). The van der Waals surface area contributed by atoms with E-state index in [2.05, 4.69) is 19.6 Å². The molecule has 0 atom stereocenters. The summed E-state index contributed by atoms with van der Waals surface area (Å²) in [6.45, 7) is 1.48. The lowest BCUT2D eigenvalue weighted by atomic mass is 10.3. The van der Waals surface area contributed by atoms with Crippen LogP contribution in [0.4, 0.5) is 11.6 Å². The maximum absolute atomic E-state index is 12.8. The number of hydrogen-bond acceptors (Lipinski definition) is 6. The molecule has 0 amide bonds. The Balaban J connectivity index is 2.03. The van der Waals surface area contributed by atoms with Crippen LogP contribution in [0.2, 0.25) is 0 Å². The fourth-order valence-corrected chi connectivity index (χ4v) is 3.59. The number of nitrogens with one attached hydrogen (secondary N) is 1. The molecule has 0 saturated heterocycles. The van der Waals surface area contributed by atoms with E-state index in [0.29, 0.717) is 23.4 Å². The number of nitrogens with zero attached hydrogens (tertiary/aromatic N) is 4. The van der Waals surface area contributed by atoms with Gasteiger partial charge in [0.15, 0.2) is 11.6 Å². The molecule has 27 heavy (non-hydrogen) atoms. The summed E-state index contributed by atoms with van der Waals surface area (Å²) in [6.07, 6.45) is 0. The minimum absolute atomic E-state index is 0.182. The summed E-state index contributed by atoms with van der Waals surface area (Å²) in [6, 6.07) is 15.6. The predicted molar refractivity (Wildman–Crippen MR) is 109 cm³/mol. The van der Waals surface area contributed by atoms with Crippen molar-refractivity contribution in [3.05, 3.63) is 54.6 Å². The molecule has 8 heteroatoms. The van der Waals surface area contributed by atoms with Crippen molar-refractivity contribution in [3.63, 3.8) is 0 Å². The van der Waals surface area contributed by atoms with Gasteiger partial charge in [-0.1, -0.05) is 30.3 Å².